The van der Waals surface area contributed by atoms with Gasteiger partial charge < -0.3 is 9.68 Å². The third-order valence-corrected chi connectivity index (χ3v) is 4.89. The van der Waals surface area contributed by atoms with Gasteiger partial charge >= 0.3 is 0 Å². The number of nitrogens with zero attached hydrogens (tertiary/aromatic N) is 2. The lowest BCUT2D eigenvalue weighted by atomic mass is 9.97. The second kappa shape index (κ2) is 8.17. The van der Waals surface area contributed by atoms with E-state index in [1.165, 1.54) is 0 Å². The van der Waals surface area contributed by atoms with Crippen LogP contribution in [0.5, 0.6) is 0 Å². The Morgan fingerprint density at radius 2 is 1.11 bits per heavy atom. The van der Waals surface area contributed by atoms with E-state index < -0.39 is 12.2 Å². The molecule has 28 heavy (non-hydrogen) atoms. The first-order chi connectivity index (χ1) is 13.7. The van der Waals surface area contributed by atoms with E-state index in [1.807, 2.05) is 60.7 Å². The topological polar surface area (TPSA) is 77.3 Å². The van der Waals surface area contributed by atoms with Crippen molar-refractivity contribution < 1.29 is 19.3 Å². The first-order valence-corrected chi connectivity index (χ1v) is 9.32. The molecule has 6 heteroatoms. The van der Waals surface area contributed by atoms with Gasteiger partial charge in [-0.1, -0.05) is 71.0 Å². The highest BCUT2D eigenvalue weighted by Crippen LogP contribution is 2.21. The molecule has 2 heterocycles. The predicted molar refractivity (Wildman–Crippen MR) is 104 cm³/mol. The fourth-order valence-corrected chi connectivity index (χ4v) is 3.27. The quantitative estimate of drug-likeness (QED) is 0.743. The van der Waals surface area contributed by atoms with Gasteiger partial charge in [-0.2, -0.15) is 0 Å². The van der Waals surface area contributed by atoms with Crippen LogP contribution in [-0.4, -0.2) is 35.2 Å². The fraction of sp³-hybridized carbons (Fsp3) is 0.273. The summed E-state index contributed by atoms with van der Waals surface area (Å²) in [6.07, 6.45) is -0.160. The van der Waals surface area contributed by atoms with Crippen molar-refractivity contribution in [2.24, 2.45) is 10.3 Å². The molecule has 0 N–H and O–H groups in total. The fourth-order valence-electron chi connectivity index (χ4n) is 3.27. The van der Waals surface area contributed by atoms with E-state index in [9.17, 15) is 9.59 Å². The van der Waals surface area contributed by atoms with Crippen molar-refractivity contribution in [3.8, 4) is 0 Å². The number of hydrogen-bond donors (Lipinski definition) is 0. The normalized spacial score (nSPS) is 20.7. The van der Waals surface area contributed by atoms with Crippen LogP contribution in [0.3, 0.4) is 0 Å². The van der Waals surface area contributed by atoms with E-state index in [1.54, 1.807) is 0 Å². The van der Waals surface area contributed by atoms with Gasteiger partial charge in [-0.05, 0) is 11.1 Å². The number of Topliss-reactive ketones (excluding diaryl/α,β-unsaturated/α-hetero) is 2. The van der Waals surface area contributed by atoms with Crippen molar-refractivity contribution in [2.45, 2.75) is 37.9 Å². The van der Waals surface area contributed by atoms with Crippen molar-refractivity contribution >= 4 is 23.0 Å². The Morgan fingerprint density at radius 3 is 1.50 bits per heavy atom. The standard InChI is InChI=1S/C22H20N2O4/c25-19(21-13-17(23-27-21)15-7-3-1-4-8-15)11-12-20(26)22-14-18(24-28-22)16-9-5-2-6-10-16/h1-10,21-22H,11-14H2. The van der Waals surface area contributed by atoms with Gasteiger partial charge in [0.2, 0.25) is 0 Å². The Kier molecular flexibility index (Phi) is 5.28. The number of benzene rings is 2. The zero-order valence-electron chi connectivity index (χ0n) is 15.3. The van der Waals surface area contributed by atoms with E-state index in [0.29, 0.717) is 12.8 Å². The lowest BCUT2D eigenvalue weighted by Crippen LogP contribution is -2.25. The lowest BCUT2D eigenvalue weighted by Gasteiger charge is -2.09. The van der Waals surface area contributed by atoms with Gasteiger partial charge in [0.1, 0.15) is 0 Å². The van der Waals surface area contributed by atoms with Gasteiger partial charge in [-0.25, -0.2) is 0 Å². The molecule has 0 spiro atoms. The third kappa shape index (κ3) is 4.01. The lowest BCUT2D eigenvalue weighted by molar-refractivity contribution is -0.134. The summed E-state index contributed by atoms with van der Waals surface area (Å²) in [6, 6.07) is 19.2. The van der Waals surface area contributed by atoms with E-state index in [4.69, 9.17) is 9.68 Å². The van der Waals surface area contributed by atoms with Crippen molar-refractivity contribution in [2.75, 3.05) is 0 Å². The molecule has 2 aromatic rings. The first-order valence-electron chi connectivity index (χ1n) is 9.32. The molecule has 0 amide bonds. The highest BCUT2D eigenvalue weighted by atomic mass is 16.6. The SMILES string of the molecule is O=C(CCC(=O)C1CC(c2ccccc2)=NO1)C1CC(c2ccccc2)=NO1. The van der Waals surface area contributed by atoms with Gasteiger partial charge in [0.15, 0.2) is 23.8 Å². The van der Waals surface area contributed by atoms with Gasteiger partial charge in [0, 0.05) is 25.7 Å². The smallest absolute Gasteiger partial charge is 0.190 e. The first kappa shape index (κ1) is 18.1. The van der Waals surface area contributed by atoms with Crippen LogP contribution in [0.15, 0.2) is 71.0 Å². The number of rotatable bonds is 7. The Morgan fingerprint density at radius 1 is 0.714 bits per heavy atom. The molecular formula is C22H20N2O4. The molecule has 0 fully saturated rings. The third-order valence-electron chi connectivity index (χ3n) is 4.89. The molecule has 0 aliphatic carbocycles. The summed E-state index contributed by atoms with van der Waals surface area (Å²) in [5.41, 5.74) is 3.40. The molecule has 2 aliphatic heterocycles. The second-order valence-electron chi connectivity index (χ2n) is 6.84. The molecule has 0 bridgehead atoms. The summed E-state index contributed by atoms with van der Waals surface area (Å²) in [6.45, 7) is 0. The molecule has 6 nitrogen and oxygen atoms in total. The highest BCUT2D eigenvalue weighted by Gasteiger charge is 2.32. The predicted octanol–water partition coefficient (Wildman–Crippen LogP) is 3.29. The number of carbonyl (C=O) groups excluding carboxylic acids is 2. The number of oxime groups is 2. The summed E-state index contributed by atoms with van der Waals surface area (Å²) in [5, 5.41) is 8.05. The van der Waals surface area contributed by atoms with Gasteiger partial charge in [-0.15, -0.1) is 0 Å². The van der Waals surface area contributed by atoms with Crippen LogP contribution in [0.1, 0.15) is 36.8 Å². The molecule has 142 valence electrons. The average molecular weight is 376 g/mol. The molecule has 0 saturated carbocycles. The van der Waals surface area contributed by atoms with Crippen molar-refractivity contribution in [1.82, 2.24) is 0 Å². The highest BCUT2D eigenvalue weighted by molar-refractivity contribution is 6.06. The van der Waals surface area contributed by atoms with E-state index in [2.05, 4.69) is 10.3 Å². The molecule has 2 aliphatic rings. The number of ketones is 2. The Bertz CT molecular complexity index is 845. The molecule has 0 radical (unpaired) electrons. The molecule has 0 aromatic heterocycles. The molecule has 2 aromatic carbocycles. The van der Waals surface area contributed by atoms with Gasteiger partial charge in [0.25, 0.3) is 0 Å². The van der Waals surface area contributed by atoms with Crippen LogP contribution in [0.25, 0.3) is 0 Å². The van der Waals surface area contributed by atoms with E-state index >= 15 is 0 Å². The summed E-state index contributed by atoms with van der Waals surface area (Å²) < 4.78 is 0. The van der Waals surface area contributed by atoms with Crippen molar-refractivity contribution in [3.05, 3.63) is 71.8 Å². The molecular weight excluding hydrogens is 356 g/mol. The maximum absolute atomic E-state index is 12.4. The monoisotopic (exact) mass is 376 g/mol. The maximum atomic E-state index is 12.4. The minimum Gasteiger partial charge on any atom is -0.384 e. The van der Waals surface area contributed by atoms with E-state index in [-0.39, 0.29) is 24.4 Å². The average Bonchev–Trinajstić information content (AvgIpc) is 3.43. The largest absolute Gasteiger partial charge is 0.384 e. The Balaban J connectivity index is 1.24. The molecule has 0 saturated heterocycles. The van der Waals surface area contributed by atoms with Crippen LogP contribution in [-0.2, 0) is 19.3 Å². The number of hydrogen-bond acceptors (Lipinski definition) is 6. The van der Waals surface area contributed by atoms with Crippen LogP contribution in [0.2, 0.25) is 0 Å². The molecule has 2 atom stereocenters. The summed E-state index contributed by atoms with van der Waals surface area (Å²) in [5.74, 6) is -0.240. The van der Waals surface area contributed by atoms with Crippen LogP contribution < -0.4 is 0 Å². The molecule has 2 unspecified atom stereocenters. The summed E-state index contributed by atoms with van der Waals surface area (Å²) >= 11 is 0. The number of carbonyl (C=O) groups is 2. The zero-order chi connectivity index (χ0) is 19.3. The Labute approximate surface area is 162 Å². The van der Waals surface area contributed by atoms with Crippen LogP contribution in [0.4, 0.5) is 0 Å². The van der Waals surface area contributed by atoms with Crippen molar-refractivity contribution in [1.29, 1.82) is 0 Å². The zero-order valence-corrected chi connectivity index (χ0v) is 15.3. The van der Waals surface area contributed by atoms with Gasteiger partial charge in [-0.3, -0.25) is 9.59 Å². The van der Waals surface area contributed by atoms with E-state index in [0.717, 1.165) is 22.6 Å². The van der Waals surface area contributed by atoms with Gasteiger partial charge in [0.05, 0.1) is 11.4 Å². The minimum atomic E-state index is -0.622. The maximum Gasteiger partial charge on any atom is 0.190 e. The van der Waals surface area contributed by atoms with Crippen LogP contribution >= 0.6 is 0 Å². The second-order valence-corrected chi connectivity index (χ2v) is 6.84. The summed E-state index contributed by atoms with van der Waals surface area (Å²) in [4.78, 5) is 35.4. The minimum absolute atomic E-state index is 0.113. The van der Waals surface area contributed by atoms with Crippen molar-refractivity contribution in [3.63, 3.8) is 0 Å². The van der Waals surface area contributed by atoms with Crippen LogP contribution in [0, 0.1) is 0 Å². The Hall–Kier alpha value is -3.28. The molecule has 4 rings (SSSR count). The summed E-state index contributed by atoms with van der Waals surface area (Å²) in [7, 11) is 0.